The predicted molar refractivity (Wildman–Crippen MR) is 66.6 cm³/mol. The Morgan fingerprint density at radius 1 is 1.39 bits per heavy atom. The van der Waals surface area contributed by atoms with Crippen molar-refractivity contribution in [3.8, 4) is 0 Å². The summed E-state index contributed by atoms with van der Waals surface area (Å²) in [4.78, 5) is 11.8. The van der Waals surface area contributed by atoms with E-state index in [1.165, 1.54) is 0 Å². The molecule has 102 valence electrons. The van der Waals surface area contributed by atoms with Crippen LogP contribution in [-0.2, 0) is 21.4 Å². The van der Waals surface area contributed by atoms with Crippen LogP contribution in [0.15, 0.2) is 0 Å². The number of carbonyl (C=O) groups excluding carboxylic acids is 1. The maximum Gasteiger partial charge on any atom is 0.360 e. The van der Waals surface area contributed by atoms with Crippen molar-refractivity contribution in [2.24, 2.45) is 0 Å². The normalized spacial score (nSPS) is 11.6. The Morgan fingerprint density at radius 2 is 2.06 bits per heavy atom. The second-order valence-electron chi connectivity index (χ2n) is 4.97. The van der Waals surface area contributed by atoms with E-state index in [1.807, 2.05) is 20.8 Å². The van der Waals surface area contributed by atoms with Gasteiger partial charge < -0.3 is 9.47 Å². The number of rotatable bonds is 5. The molecule has 0 aliphatic heterocycles. The zero-order chi connectivity index (χ0) is 13.8. The first-order valence-corrected chi connectivity index (χ1v) is 6.01. The lowest BCUT2D eigenvalue weighted by atomic mass is 9.90. The monoisotopic (exact) mass is 255 g/mol. The number of ether oxygens (including phenoxy) is 2. The molecule has 0 amide bonds. The van der Waals surface area contributed by atoms with Crippen LogP contribution >= 0.6 is 0 Å². The molecule has 6 heteroatoms. The van der Waals surface area contributed by atoms with Crippen molar-refractivity contribution < 1.29 is 14.3 Å². The first-order chi connectivity index (χ1) is 8.41. The molecule has 0 aliphatic carbocycles. The molecule has 1 aromatic rings. The maximum absolute atomic E-state index is 11.8. The van der Waals surface area contributed by atoms with Crippen LogP contribution < -0.4 is 0 Å². The summed E-state index contributed by atoms with van der Waals surface area (Å²) in [5, 5.41) is 7.95. The summed E-state index contributed by atoms with van der Waals surface area (Å²) in [6, 6.07) is 0. The Bertz CT molecular complexity index is 407. The van der Waals surface area contributed by atoms with E-state index in [-0.39, 0.29) is 5.41 Å². The Hall–Kier alpha value is -1.43. The Morgan fingerprint density at radius 3 is 2.56 bits per heavy atom. The van der Waals surface area contributed by atoms with Gasteiger partial charge in [-0.1, -0.05) is 26.0 Å². The molecular formula is C12H21N3O3. The van der Waals surface area contributed by atoms with Crippen molar-refractivity contribution in [3.63, 3.8) is 0 Å². The third kappa shape index (κ3) is 3.29. The standard InChI is InChI=1S/C12H21N3O3/c1-6-18-11(16)9-10(12(2,3)4)15(14-13-9)7-8-17-5/h6-8H2,1-5H3. The van der Waals surface area contributed by atoms with Gasteiger partial charge in [-0.15, -0.1) is 5.10 Å². The van der Waals surface area contributed by atoms with Crippen LogP contribution in [0.5, 0.6) is 0 Å². The number of methoxy groups -OCH3 is 1. The van der Waals surface area contributed by atoms with E-state index in [1.54, 1.807) is 18.7 Å². The van der Waals surface area contributed by atoms with E-state index in [2.05, 4.69) is 10.3 Å². The van der Waals surface area contributed by atoms with E-state index in [0.29, 0.717) is 25.5 Å². The van der Waals surface area contributed by atoms with Crippen molar-refractivity contribution >= 4 is 5.97 Å². The minimum absolute atomic E-state index is 0.237. The first kappa shape index (κ1) is 14.6. The lowest BCUT2D eigenvalue weighted by Gasteiger charge is -2.20. The van der Waals surface area contributed by atoms with Crippen molar-refractivity contribution in [2.75, 3.05) is 20.3 Å². The van der Waals surface area contributed by atoms with E-state index < -0.39 is 5.97 Å². The summed E-state index contributed by atoms with van der Waals surface area (Å²) >= 11 is 0. The van der Waals surface area contributed by atoms with Gasteiger partial charge in [-0.3, -0.25) is 0 Å². The predicted octanol–water partition coefficient (Wildman–Crippen LogP) is 1.40. The summed E-state index contributed by atoms with van der Waals surface area (Å²) < 4.78 is 11.7. The molecule has 0 bridgehead atoms. The van der Waals surface area contributed by atoms with Crippen molar-refractivity contribution in [1.29, 1.82) is 0 Å². The molecule has 0 saturated heterocycles. The number of esters is 1. The molecular weight excluding hydrogens is 234 g/mol. The molecule has 0 saturated carbocycles. The van der Waals surface area contributed by atoms with Crippen LogP contribution in [0.1, 0.15) is 43.9 Å². The average molecular weight is 255 g/mol. The number of aromatic nitrogens is 3. The van der Waals surface area contributed by atoms with E-state index in [9.17, 15) is 4.79 Å². The smallest absolute Gasteiger partial charge is 0.360 e. The molecule has 0 aromatic carbocycles. The molecule has 0 fully saturated rings. The largest absolute Gasteiger partial charge is 0.461 e. The molecule has 0 aliphatic rings. The third-order valence-electron chi connectivity index (χ3n) is 2.42. The van der Waals surface area contributed by atoms with Crippen LogP contribution in [0.4, 0.5) is 0 Å². The highest BCUT2D eigenvalue weighted by Gasteiger charge is 2.29. The molecule has 0 unspecified atom stereocenters. The van der Waals surface area contributed by atoms with Gasteiger partial charge in [-0.25, -0.2) is 9.48 Å². The number of nitrogens with zero attached hydrogens (tertiary/aromatic N) is 3. The number of hydrogen-bond donors (Lipinski definition) is 0. The average Bonchev–Trinajstić information content (AvgIpc) is 2.70. The second kappa shape index (κ2) is 5.95. The van der Waals surface area contributed by atoms with Gasteiger partial charge in [-0.05, 0) is 6.92 Å². The van der Waals surface area contributed by atoms with Gasteiger partial charge in [0.25, 0.3) is 0 Å². The van der Waals surface area contributed by atoms with Gasteiger partial charge in [-0.2, -0.15) is 0 Å². The van der Waals surface area contributed by atoms with Crippen LogP contribution in [0, 0.1) is 0 Å². The second-order valence-corrected chi connectivity index (χ2v) is 4.97. The summed E-state index contributed by atoms with van der Waals surface area (Å²) in [5.41, 5.74) is 0.831. The van der Waals surface area contributed by atoms with Gasteiger partial charge >= 0.3 is 5.97 Å². The van der Waals surface area contributed by atoms with Crippen molar-refractivity contribution in [1.82, 2.24) is 15.0 Å². The molecule has 0 N–H and O–H groups in total. The maximum atomic E-state index is 11.8. The van der Waals surface area contributed by atoms with Gasteiger partial charge in [0.2, 0.25) is 0 Å². The molecule has 18 heavy (non-hydrogen) atoms. The van der Waals surface area contributed by atoms with Gasteiger partial charge in [0.05, 0.1) is 25.5 Å². The van der Waals surface area contributed by atoms with E-state index >= 15 is 0 Å². The third-order valence-corrected chi connectivity index (χ3v) is 2.42. The molecule has 6 nitrogen and oxygen atoms in total. The molecule has 0 atom stereocenters. The molecule has 1 rings (SSSR count). The van der Waals surface area contributed by atoms with Crippen LogP contribution in [0.25, 0.3) is 0 Å². The van der Waals surface area contributed by atoms with Gasteiger partial charge in [0, 0.05) is 12.5 Å². The van der Waals surface area contributed by atoms with Crippen molar-refractivity contribution in [3.05, 3.63) is 11.4 Å². The Kier molecular flexibility index (Phi) is 4.84. The molecule has 1 aromatic heterocycles. The highest BCUT2D eigenvalue weighted by atomic mass is 16.5. The minimum Gasteiger partial charge on any atom is -0.461 e. The summed E-state index contributed by atoms with van der Waals surface area (Å²) in [7, 11) is 1.62. The highest BCUT2D eigenvalue weighted by molar-refractivity contribution is 5.88. The van der Waals surface area contributed by atoms with Crippen molar-refractivity contribution in [2.45, 2.75) is 39.7 Å². The van der Waals surface area contributed by atoms with Gasteiger partial charge in [0.15, 0.2) is 5.69 Å². The quantitative estimate of drug-likeness (QED) is 0.744. The fourth-order valence-electron chi connectivity index (χ4n) is 1.73. The van der Waals surface area contributed by atoms with E-state index in [0.717, 1.165) is 5.69 Å². The lowest BCUT2D eigenvalue weighted by Crippen LogP contribution is -2.23. The molecule has 0 radical (unpaired) electrons. The number of carbonyl (C=O) groups is 1. The summed E-state index contributed by atoms with van der Waals surface area (Å²) in [6.07, 6.45) is 0. The SMILES string of the molecule is CCOC(=O)c1nnn(CCOC)c1C(C)(C)C. The fourth-order valence-corrected chi connectivity index (χ4v) is 1.73. The first-order valence-electron chi connectivity index (χ1n) is 6.01. The molecule has 0 spiro atoms. The molecule has 1 heterocycles. The summed E-state index contributed by atoms with van der Waals surface area (Å²) in [6.45, 7) is 9.22. The summed E-state index contributed by atoms with van der Waals surface area (Å²) in [5.74, 6) is -0.425. The lowest BCUT2D eigenvalue weighted by molar-refractivity contribution is 0.0516. The Labute approximate surface area is 107 Å². The minimum atomic E-state index is -0.425. The highest BCUT2D eigenvalue weighted by Crippen LogP contribution is 2.25. The van der Waals surface area contributed by atoms with Crippen LogP contribution in [0.3, 0.4) is 0 Å². The Balaban J connectivity index is 3.11. The number of hydrogen-bond acceptors (Lipinski definition) is 5. The fraction of sp³-hybridized carbons (Fsp3) is 0.750. The van der Waals surface area contributed by atoms with Crippen LogP contribution in [-0.4, -0.2) is 41.3 Å². The van der Waals surface area contributed by atoms with Crippen LogP contribution in [0.2, 0.25) is 0 Å². The zero-order valence-electron chi connectivity index (χ0n) is 11.7. The zero-order valence-corrected chi connectivity index (χ0v) is 11.7. The van der Waals surface area contributed by atoms with Gasteiger partial charge in [0.1, 0.15) is 0 Å². The van der Waals surface area contributed by atoms with E-state index in [4.69, 9.17) is 9.47 Å². The topological polar surface area (TPSA) is 66.2 Å².